The molecule has 53 heavy (non-hydrogen) atoms. The molecule has 0 atom stereocenters. The van der Waals surface area contributed by atoms with Crippen LogP contribution in [0.25, 0.3) is 44.6 Å². The number of likely N-dealkylation sites (N-methyl/N-ethyl adjacent to an activating group) is 1. The van der Waals surface area contributed by atoms with Crippen molar-refractivity contribution in [3.05, 3.63) is 60.7 Å². The number of fused-ring (bicyclic) bond motifs is 2. The predicted octanol–water partition coefficient (Wildman–Crippen LogP) is 8.39. The smallest absolute Gasteiger partial charge is 0.435 e. The number of ether oxygens (including phenoxy) is 3. The second kappa shape index (κ2) is 13.8. The zero-order valence-corrected chi connectivity index (χ0v) is 32.2. The van der Waals surface area contributed by atoms with E-state index >= 15 is 0 Å². The van der Waals surface area contributed by atoms with Crippen molar-refractivity contribution in [3.63, 3.8) is 0 Å². The number of rotatable bonds is 4. The summed E-state index contributed by atoms with van der Waals surface area (Å²) in [5.74, 6) is 0.244. The average molecular weight is 724 g/mol. The summed E-state index contributed by atoms with van der Waals surface area (Å²) in [7, 11) is 2.10. The molecule has 1 aliphatic heterocycles. The molecule has 0 aliphatic carbocycles. The van der Waals surface area contributed by atoms with Crippen LogP contribution in [-0.4, -0.2) is 92.5 Å². The second-order valence-corrected chi connectivity index (χ2v) is 16.4. The molecule has 1 fully saturated rings. The molecule has 1 aliphatic rings. The van der Waals surface area contributed by atoms with Gasteiger partial charge in [0.1, 0.15) is 28.0 Å². The van der Waals surface area contributed by atoms with Crippen LogP contribution >= 0.6 is 0 Å². The summed E-state index contributed by atoms with van der Waals surface area (Å²) in [6.45, 7) is 19.6. The van der Waals surface area contributed by atoms with Crippen molar-refractivity contribution in [3.8, 4) is 22.6 Å². The maximum atomic E-state index is 14.0. The van der Waals surface area contributed by atoms with Gasteiger partial charge in [-0.25, -0.2) is 23.9 Å². The van der Waals surface area contributed by atoms with Crippen LogP contribution in [0.15, 0.2) is 60.7 Å². The van der Waals surface area contributed by atoms with Gasteiger partial charge in [-0.1, -0.05) is 24.3 Å². The third-order valence-electron chi connectivity index (χ3n) is 8.41. The maximum absolute atomic E-state index is 14.0. The van der Waals surface area contributed by atoms with E-state index in [1.807, 2.05) is 69.3 Å². The molecule has 1 N–H and O–H groups in total. The van der Waals surface area contributed by atoms with Gasteiger partial charge in [-0.3, -0.25) is 5.32 Å². The van der Waals surface area contributed by atoms with Crippen LogP contribution in [0.2, 0.25) is 0 Å². The number of aromatic nitrogens is 4. The number of carbonyl (C=O) groups excluding carboxylic acids is 3. The molecule has 13 nitrogen and oxygen atoms in total. The molecule has 0 saturated carbocycles. The molecule has 0 unspecified atom stereocenters. The van der Waals surface area contributed by atoms with Crippen molar-refractivity contribution in [1.82, 2.24) is 24.2 Å². The van der Waals surface area contributed by atoms with Crippen LogP contribution in [0.3, 0.4) is 0 Å². The number of benzene rings is 3. The molecule has 1 amide bonds. The summed E-state index contributed by atoms with van der Waals surface area (Å²) in [5, 5.41) is 8.15. The second-order valence-electron chi connectivity index (χ2n) is 16.4. The molecule has 3 heterocycles. The number of para-hydroxylation sites is 1. The third-order valence-corrected chi connectivity index (χ3v) is 8.41. The first-order chi connectivity index (χ1) is 24.8. The SMILES string of the molecule is CN1CCN(c2cccc3c2nc(-c2nn(C(=O)OC(C)(C)C)c4cc(-c5ccc(NC(=O)OC(C)(C)C)cc5)ccc24)n3C(=O)OC(C)(C)C)CC1. The lowest BCUT2D eigenvalue weighted by atomic mass is 10.0. The number of piperazine rings is 1. The lowest BCUT2D eigenvalue weighted by Gasteiger charge is -2.34. The van der Waals surface area contributed by atoms with Crippen LogP contribution in [-0.2, 0) is 14.2 Å². The lowest BCUT2D eigenvalue weighted by Crippen LogP contribution is -2.44. The number of hydrogen-bond donors (Lipinski definition) is 1. The normalized spacial score (nSPS) is 14.4. The average Bonchev–Trinajstić information content (AvgIpc) is 3.62. The summed E-state index contributed by atoms with van der Waals surface area (Å²) in [4.78, 5) is 49.8. The lowest BCUT2D eigenvalue weighted by molar-refractivity contribution is 0.0520. The van der Waals surface area contributed by atoms with E-state index < -0.39 is 35.1 Å². The molecule has 2 aromatic heterocycles. The zero-order valence-electron chi connectivity index (χ0n) is 32.2. The van der Waals surface area contributed by atoms with E-state index in [4.69, 9.17) is 24.3 Å². The molecule has 0 radical (unpaired) electrons. The van der Waals surface area contributed by atoms with E-state index in [1.165, 1.54) is 9.25 Å². The summed E-state index contributed by atoms with van der Waals surface area (Å²) < 4.78 is 19.8. The molecular formula is C40H49N7O6. The van der Waals surface area contributed by atoms with Gasteiger partial charge < -0.3 is 24.0 Å². The Balaban J connectivity index is 1.49. The van der Waals surface area contributed by atoms with Crippen molar-refractivity contribution in [1.29, 1.82) is 0 Å². The van der Waals surface area contributed by atoms with Crippen LogP contribution in [0.4, 0.5) is 25.8 Å². The molecule has 6 rings (SSSR count). The van der Waals surface area contributed by atoms with Crippen LogP contribution in [0.1, 0.15) is 62.3 Å². The van der Waals surface area contributed by atoms with Crippen molar-refractivity contribution in [2.75, 3.05) is 43.4 Å². The zero-order chi connectivity index (χ0) is 38.5. The van der Waals surface area contributed by atoms with Crippen LogP contribution < -0.4 is 10.2 Å². The van der Waals surface area contributed by atoms with Crippen molar-refractivity contribution in [2.45, 2.75) is 79.1 Å². The summed E-state index contributed by atoms with van der Waals surface area (Å²) in [6, 6.07) is 18.7. The Morgan fingerprint density at radius 3 is 1.92 bits per heavy atom. The quantitative estimate of drug-likeness (QED) is 0.180. The molecule has 5 aromatic rings. The van der Waals surface area contributed by atoms with Gasteiger partial charge in [-0.15, -0.1) is 0 Å². The van der Waals surface area contributed by atoms with E-state index in [-0.39, 0.29) is 5.82 Å². The largest absolute Gasteiger partial charge is 0.444 e. The minimum atomic E-state index is -0.800. The van der Waals surface area contributed by atoms with Gasteiger partial charge >= 0.3 is 18.3 Å². The number of hydrogen-bond acceptors (Lipinski definition) is 10. The Morgan fingerprint density at radius 1 is 0.698 bits per heavy atom. The fraction of sp³-hybridized carbons (Fsp3) is 0.425. The van der Waals surface area contributed by atoms with Crippen LogP contribution in [0, 0.1) is 0 Å². The highest BCUT2D eigenvalue weighted by atomic mass is 16.6. The number of nitrogens with zero attached hydrogens (tertiary/aromatic N) is 6. The summed E-state index contributed by atoms with van der Waals surface area (Å²) >= 11 is 0. The molecule has 0 spiro atoms. The maximum Gasteiger partial charge on any atom is 0.435 e. The van der Waals surface area contributed by atoms with Gasteiger partial charge in [0.2, 0.25) is 0 Å². The van der Waals surface area contributed by atoms with Crippen LogP contribution in [0.5, 0.6) is 0 Å². The predicted molar refractivity (Wildman–Crippen MR) is 207 cm³/mol. The van der Waals surface area contributed by atoms with Crippen molar-refractivity contribution < 1.29 is 28.6 Å². The van der Waals surface area contributed by atoms with Gasteiger partial charge in [0.05, 0.1) is 16.7 Å². The van der Waals surface area contributed by atoms with Crippen molar-refractivity contribution >= 4 is 51.6 Å². The van der Waals surface area contributed by atoms with Crippen molar-refractivity contribution in [2.24, 2.45) is 0 Å². The topological polar surface area (TPSA) is 133 Å². The fourth-order valence-electron chi connectivity index (χ4n) is 6.11. The number of anilines is 2. The number of carbonyl (C=O) groups is 3. The summed E-state index contributed by atoms with van der Waals surface area (Å²) in [5.41, 5.74) is 2.87. The first kappa shape index (κ1) is 37.3. The Morgan fingerprint density at radius 2 is 1.30 bits per heavy atom. The highest BCUT2D eigenvalue weighted by Gasteiger charge is 2.31. The van der Waals surface area contributed by atoms with Gasteiger partial charge in [0.25, 0.3) is 0 Å². The van der Waals surface area contributed by atoms with Gasteiger partial charge in [0.15, 0.2) is 5.82 Å². The molecule has 280 valence electrons. The van der Waals surface area contributed by atoms with E-state index in [1.54, 1.807) is 53.7 Å². The first-order valence-corrected chi connectivity index (χ1v) is 17.8. The highest BCUT2D eigenvalue weighted by molar-refractivity contribution is 6.03. The van der Waals surface area contributed by atoms with Gasteiger partial charge in [-0.05, 0) is 117 Å². The third kappa shape index (κ3) is 8.46. The minimum Gasteiger partial charge on any atom is -0.444 e. The molecule has 0 bridgehead atoms. The number of nitrogens with one attached hydrogen (secondary N) is 1. The van der Waals surface area contributed by atoms with E-state index in [2.05, 4.69) is 22.2 Å². The van der Waals surface area contributed by atoms with Gasteiger partial charge in [0, 0.05) is 37.3 Å². The van der Waals surface area contributed by atoms with E-state index in [0.29, 0.717) is 33.3 Å². The molecule has 13 heteroatoms. The molecular weight excluding hydrogens is 674 g/mol. The first-order valence-electron chi connectivity index (χ1n) is 17.8. The summed E-state index contributed by atoms with van der Waals surface area (Å²) in [6.07, 6.45) is -1.84. The Kier molecular flexibility index (Phi) is 9.75. The standard InChI is InChI=1S/C40H49N7O6/c1-38(2,3)51-35(48)41-27-17-14-25(15-18-27)26-16-19-28-31(24-26)47(37(50)53-40(7,8)9)43-32(28)34-42-33-29(45-22-20-44(10)21-23-45)12-11-13-30(33)46(34)36(49)52-39(4,5)6/h11-19,24H,20-23H2,1-10H3,(H,41,48). The van der Waals surface area contributed by atoms with E-state index in [9.17, 15) is 14.4 Å². The Hall–Kier alpha value is -5.43. The highest BCUT2D eigenvalue weighted by Crippen LogP contribution is 2.37. The molecule has 1 saturated heterocycles. The van der Waals surface area contributed by atoms with Gasteiger partial charge in [-0.2, -0.15) is 9.78 Å². The minimum absolute atomic E-state index is 0.244. The van der Waals surface area contributed by atoms with E-state index in [0.717, 1.165) is 43.0 Å². The number of amides is 1. The fourth-order valence-corrected chi connectivity index (χ4v) is 6.11. The monoisotopic (exact) mass is 723 g/mol. The Labute approximate surface area is 309 Å². The number of imidazole rings is 1. The molecule has 3 aromatic carbocycles. The Bertz CT molecular complexity index is 2170.